The zero-order valence-electron chi connectivity index (χ0n) is 30.4. The number of alkyl halides is 4. The smallest absolute Gasteiger partial charge is 0.293 e. The molecule has 0 bridgehead atoms. The maximum atomic E-state index is 16.1. The Labute approximate surface area is 326 Å². The van der Waals surface area contributed by atoms with Gasteiger partial charge in [-0.3, -0.25) is 14.2 Å². The number of sulfonamides is 1. The molecule has 0 spiro atoms. The van der Waals surface area contributed by atoms with Gasteiger partial charge in [-0.1, -0.05) is 23.6 Å². The molecule has 4 atom stereocenters. The number of carbonyl (C=O) groups is 1. The average Bonchev–Trinajstić information content (AvgIpc) is 3.60. The maximum absolute atomic E-state index is 16.1. The highest BCUT2D eigenvalue weighted by Gasteiger charge is 2.67. The molecule has 3 aromatic heterocycles. The Morgan fingerprint density at radius 1 is 1.12 bits per heavy atom. The number of hydrogen-bond acceptors (Lipinski definition) is 8. The van der Waals surface area contributed by atoms with Gasteiger partial charge in [0.25, 0.3) is 12.3 Å². The van der Waals surface area contributed by atoms with Gasteiger partial charge in [-0.2, -0.15) is 19.0 Å². The molecule has 0 aliphatic heterocycles. The minimum Gasteiger partial charge on any atom is -0.396 e. The number of nitrogens with two attached hydrogens (primary N) is 2. The van der Waals surface area contributed by atoms with Crippen molar-refractivity contribution in [3.63, 3.8) is 0 Å². The van der Waals surface area contributed by atoms with Crippen molar-refractivity contribution in [1.29, 1.82) is 0 Å². The molecule has 1 unspecified atom stereocenters. The molecule has 2 aliphatic rings. The third-order valence-corrected chi connectivity index (χ3v) is 10.7. The summed E-state index contributed by atoms with van der Waals surface area (Å²) < 4.78 is 119. The summed E-state index contributed by atoms with van der Waals surface area (Å²) in [6.07, 6.45) is -3.09. The number of carbonyl (C=O) groups excluding carboxylic acids is 1. The van der Waals surface area contributed by atoms with Crippen molar-refractivity contribution in [2.45, 2.75) is 62.5 Å². The minimum absolute atomic E-state index is 0.0255. The van der Waals surface area contributed by atoms with Gasteiger partial charge in [0.05, 0.1) is 33.6 Å². The first-order valence-corrected chi connectivity index (χ1v) is 19.5. The van der Waals surface area contributed by atoms with Crippen LogP contribution in [-0.2, 0) is 34.2 Å². The molecular weight excluding hydrogens is 802 g/mol. The van der Waals surface area contributed by atoms with Gasteiger partial charge in [0.1, 0.15) is 40.4 Å². The number of anilines is 2. The third kappa shape index (κ3) is 7.25. The van der Waals surface area contributed by atoms with Crippen LogP contribution in [0.2, 0.25) is 5.02 Å². The molecule has 2 aliphatic carbocycles. The van der Waals surface area contributed by atoms with E-state index in [1.807, 2.05) is 0 Å². The van der Waals surface area contributed by atoms with Crippen LogP contribution in [0.5, 0.6) is 0 Å². The number of fused-ring (bicyclic) bond motifs is 4. The molecule has 2 aromatic carbocycles. The zero-order chi connectivity index (χ0) is 41.7. The molecule has 3 heterocycles. The number of rotatable bonds is 10. The molecule has 1 saturated carbocycles. The lowest BCUT2D eigenvalue weighted by Crippen LogP contribution is -2.37. The Hall–Kier alpha value is -5.32. The van der Waals surface area contributed by atoms with Gasteiger partial charge in [-0.15, -0.1) is 0 Å². The summed E-state index contributed by atoms with van der Waals surface area (Å²) in [5.74, 6) is -5.99. The Morgan fingerprint density at radius 2 is 1.79 bits per heavy atom. The molecule has 0 radical (unpaired) electrons. The lowest BCUT2D eigenvalue weighted by atomic mass is 9.83. The van der Waals surface area contributed by atoms with E-state index in [0.29, 0.717) is 10.7 Å². The van der Waals surface area contributed by atoms with Crippen LogP contribution in [0.25, 0.3) is 22.0 Å². The lowest BCUT2D eigenvalue weighted by Gasteiger charge is -2.30. The second-order valence-electron chi connectivity index (χ2n) is 14.7. The van der Waals surface area contributed by atoms with Gasteiger partial charge < -0.3 is 16.6 Å². The molecule has 57 heavy (non-hydrogen) atoms. The van der Waals surface area contributed by atoms with E-state index in [1.54, 1.807) is 0 Å². The van der Waals surface area contributed by atoms with Crippen LogP contribution < -0.4 is 16.2 Å². The van der Waals surface area contributed by atoms with E-state index in [2.05, 4.69) is 31.7 Å². The summed E-state index contributed by atoms with van der Waals surface area (Å²) in [4.78, 5) is 18.5. The average molecular weight is 835 g/mol. The quantitative estimate of drug-likeness (QED) is 0.0970. The molecule has 0 saturated heterocycles. The van der Waals surface area contributed by atoms with Gasteiger partial charge in [0, 0.05) is 41.6 Å². The van der Waals surface area contributed by atoms with Crippen molar-refractivity contribution in [3.05, 3.63) is 87.0 Å². The Balaban J connectivity index is 1.58. The van der Waals surface area contributed by atoms with E-state index in [1.165, 1.54) is 43.8 Å². The molecule has 6 N–H and O–H groups in total. The first kappa shape index (κ1) is 39.9. The van der Waals surface area contributed by atoms with Gasteiger partial charge in [-0.05, 0) is 68.4 Å². The summed E-state index contributed by atoms with van der Waals surface area (Å²) in [6.45, 7) is 2.74. The summed E-state index contributed by atoms with van der Waals surface area (Å²) >= 11 is 6.59. The van der Waals surface area contributed by atoms with Crippen LogP contribution in [0, 0.1) is 29.4 Å². The van der Waals surface area contributed by atoms with E-state index in [4.69, 9.17) is 23.1 Å². The molecule has 1 fully saturated rings. The van der Waals surface area contributed by atoms with Crippen molar-refractivity contribution in [1.82, 2.24) is 24.5 Å². The van der Waals surface area contributed by atoms with Gasteiger partial charge in [0.15, 0.2) is 5.82 Å². The fourth-order valence-electron chi connectivity index (χ4n) is 7.64. The Morgan fingerprint density at radius 3 is 2.39 bits per heavy atom. The number of nitrogens with one attached hydrogen (secondary N) is 1. The Bertz CT molecular complexity index is 2670. The third-order valence-electron chi connectivity index (χ3n) is 9.87. The van der Waals surface area contributed by atoms with Crippen molar-refractivity contribution in [3.8, 4) is 23.0 Å². The van der Waals surface area contributed by atoms with Gasteiger partial charge >= 0.3 is 0 Å². The van der Waals surface area contributed by atoms with Crippen LogP contribution in [0.3, 0.4) is 0 Å². The van der Waals surface area contributed by atoms with Crippen LogP contribution >= 0.6 is 11.6 Å². The Kier molecular flexibility index (Phi) is 9.56. The predicted molar refractivity (Wildman–Crippen MR) is 198 cm³/mol. The molecule has 1 amide bonds. The first-order valence-electron chi connectivity index (χ1n) is 17.2. The number of benzene rings is 2. The van der Waals surface area contributed by atoms with E-state index in [9.17, 15) is 35.9 Å². The molecule has 7 rings (SSSR count). The number of amides is 1. The summed E-state index contributed by atoms with van der Waals surface area (Å²) in [5, 5.41) is 18.7. The van der Waals surface area contributed by atoms with Crippen molar-refractivity contribution in [2.75, 3.05) is 16.7 Å². The standard InChI is InChI=1S/C37H33ClF6N8O4S/c1-36(2,54)8-7-25-24(45)14-19(18-5-6-23(38)27-30(18)51(3)49-35(27)50-57(4,55)56)28(47-25)21(11-15-9-16(39)12-17(40)10-15)31(34(46)53)52-32-26(29(48-52)33(41)42)20-13-22(20)37(32,43)44/h5-6,9-10,12,14,20-22,31,33,54H,11,13,45H2,1-4H3,(H2,46,53)(H,49,50)/t20-,21+,22+,31?/m0/s1. The summed E-state index contributed by atoms with van der Waals surface area (Å²) in [5.41, 5.74) is 8.34. The van der Waals surface area contributed by atoms with Crippen molar-refractivity contribution < 1.29 is 44.7 Å². The first-order chi connectivity index (χ1) is 26.5. The number of hydrogen-bond donors (Lipinski definition) is 4. The molecule has 5 aromatic rings. The molecular formula is C37H33ClF6N8O4S. The van der Waals surface area contributed by atoms with Crippen LogP contribution in [-0.4, -0.2) is 55.8 Å². The van der Waals surface area contributed by atoms with E-state index < -0.39 is 92.7 Å². The fraction of sp³-hybridized carbons (Fsp3) is 0.351. The zero-order valence-corrected chi connectivity index (χ0v) is 32.0. The van der Waals surface area contributed by atoms with Crippen LogP contribution in [0.1, 0.15) is 78.5 Å². The van der Waals surface area contributed by atoms with E-state index in [-0.39, 0.29) is 61.9 Å². The largest absolute Gasteiger partial charge is 0.396 e. The molecule has 300 valence electrons. The van der Waals surface area contributed by atoms with Crippen molar-refractivity contribution >= 4 is 49.9 Å². The molecule has 12 nitrogen and oxygen atoms in total. The molecule has 20 heteroatoms. The number of aliphatic hydroxyl groups is 1. The minimum atomic E-state index is -3.90. The maximum Gasteiger partial charge on any atom is 0.293 e. The van der Waals surface area contributed by atoms with E-state index in [0.717, 1.165) is 18.4 Å². The highest BCUT2D eigenvalue weighted by Crippen LogP contribution is 2.68. The van der Waals surface area contributed by atoms with Crippen LogP contribution in [0.4, 0.5) is 37.8 Å². The topological polar surface area (TPSA) is 184 Å². The number of nitrogens with zero attached hydrogens (tertiary/aromatic N) is 5. The SMILES string of the molecule is Cn1nc(NS(C)(=O)=O)c2c(Cl)ccc(-c3cc(N)c(C#CC(C)(C)O)nc3[C@@H](Cc3cc(F)cc(F)c3)C(C(N)=O)n3nc(C(F)F)c4c3C(F)(F)[C@@H]3C[C@H]43)c21. The van der Waals surface area contributed by atoms with Gasteiger partial charge in [-0.25, -0.2) is 35.6 Å². The monoisotopic (exact) mass is 834 g/mol. The number of pyridine rings is 1. The second-order valence-corrected chi connectivity index (χ2v) is 16.9. The summed E-state index contributed by atoms with van der Waals surface area (Å²) in [6, 6.07) is 4.57. The number of primary amides is 1. The number of nitrogen functional groups attached to an aromatic ring is 1. The summed E-state index contributed by atoms with van der Waals surface area (Å²) in [7, 11) is -2.45. The number of aryl methyl sites for hydroxylation is 1. The van der Waals surface area contributed by atoms with Gasteiger partial charge in [0.2, 0.25) is 15.9 Å². The predicted octanol–water partition coefficient (Wildman–Crippen LogP) is 6.04. The second kappa shape index (κ2) is 13.7. The fourth-order valence-corrected chi connectivity index (χ4v) is 8.38. The highest BCUT2D eigenvalue weighted by atomic mass is 35.5. The van der Waals surface area contributed by atoms with Crippen LogP contribution in [0.15, 0.2) is 36.4 Å². The van der Waals surface area contributed by atoms with E-state index >= 15 is 8.78 Å². The van der Waals surface area contributed by atoms with Crippen molar-refractivity contribution in [2.24, 2.45) is 18.7 Å². The normalized spacial score (nSPS) is 18.2. The number of aromatic nitrogens is 5. The lowest BCUT2D eigenvalue weighted by molar-refractivity contribution is -0.122. The number of halogens is 7. The highest BCUT2D eigenvalue weighted by molar-refractivity contribution is 7.92.